The second-order valence-electron chi connectivity index (χ2n) is 6.54. The standard InChI is InChI=1S/C17H28N2O3S/c1-13-14(2)17(22-3)8-7-16(13)12-19-9-5-6-15(11-19)10-18-23(4,20)21/h7-8,15,18H,5-6,9-12H2,1-4H3/t15-/m0/s1. The van der Waals surface area contributed by atoms with E-state index in [2.05, 4.69) is 29.5 Å². The van der Waals surface area contributed by atoms with E-state index in [0.29, 0.717) is 12.5 Å². The van der Waals surface area contributed by atoms with Gasteiger partial charge in [0.05, 0.1) is 13.4 Å². The minimum atomic E-state index is -3.10. The number of benzene rings is 1. The van der Waals surface area contributed by atoms with Crippen molar-refractivity contribution in [3.63, 3.8) is 0 Å². The summed E-state index contributed by atoms with van der Waals surface area (Å²) in [6.45, 7) is 7.68. The van der Waals surface area contributed by atoms with Crippen LogP contribution in [0.2, 0.25) is 0 Å². The van der Waals surface area contributed by atoms with Gasteiger partial charge in [0.15, 0.2) is 0 Å². The summed E-state index contributed by atoms with van der Waals surface area (Å²) in [5, 5.41) is 0. The molecule has 1 aliphatic heterocycles. The van der Waals surface area contributed by atoms with Gasteiger partial charge in [-0.1, -0.05) is 6.07 Å². The molecule has 1 aliphatic rings. The number of nitrogens with zero attached hydrogens (tertiary/aromatic N) is 1. The molecule has 1 atom stereocenters. The third kappa shape index (κ3) is 5.19. The number of piperidine rings is 1. The van der Waals surface area contributed by atoms with Crippen LogP contribution in [0.3, 0.4) is 0 Å². The van der Waals surface area contributed by atoms with Crippen molar-refractivity contribution in [1.29, 1.82) is 0 Å². The molecule has 0 aromatic heterocycles. The first-order valence-corrected chi connectivity index (χ1v) is 9.99. The Balaban J connectivity index is 1.99. The van der Waals surface area contributed by atoms with Gasteiger partial charge < -0.3 is 4.74 Å². The van der Waals surface area contributed by atoms with Crippen molar-refractivity contribution in [2.24, 2.45) is 5.92 Å². The first-order valence-electron chi connectivity index (χ1n) is 8.10. The Morgan fingerprint density at radius 2 is 2.04 bits per heavy atom. The molecule has 0 bridgehead atoms. The number of nitrogens with one attached hydrogen (secondary N) is 1. The van der Waals surface area contributed by atoms with E-state index in [-0.39, 0.29) is 0 Å². The van der Waals surface area contributed by atoms with Crippen LogP contribution >= 0.6 is 0 Å². The molecule has 1 fully saturated rings. The zero-order valence-electron chi connectivity index (χ0n) is 14.6. The molecular weight excluding hydrogens is 312 g/mol. The van der Waals surface area contributed by atoms with Gasteiger partial charge >= 0.3 is 0 Å². The lowest BCUT2D eigenvalue weighted by atomic mass is 9.96. The monoisotopic (exact) mass is 340 g/mol. The van der Waals surface area contributed by atoms with Crippen LogP contribution in [0.1, 0.15) is 29.5 Å². The maximum absolute atomic E-state index is 11.3. The molecule has 1 aromatic rings. The fourth-order valence-corrected chi connectivity index (χ4v) is 3.75. The highest BCUT2D eigenvalue weighted by Gasteiger charge is 2.21. The normalized spacial score (nSPS) is 19.7. The van der Waals surface area contributed by atoms with Crippen LogP contribution in [-0.2, 0) is 16.6 Å². The predicted octanol–water partition coefficient (Wildman–Crippen LogP) is 2.07. The summed E-state index contributed by atoms with van der Waals surface area (Å²) in [5.74, 6) is 1.32. The maximum Gasteiger partial charge on any atom is 0.208 e. The fourth-order valence-electron chi connectivity index (χ4n) is 3.22. The summed E-state index contributed by atoms with van der Waals surface area (Å²) in [5.41, 5.74) is 3.79. The van der Waals surface area contributed by atoms with Crippen molar-refractivity contribution in [1.82, 2.24) is 9.62 Å². The quantitative estimate of drug-likeness (QED) is 0.861. The van der Waals surface area contributed by atoms with Gasteiger partial charge in [-0.15, -0.1) is 0 Å². The molecule has 0 amide bonds. The fraction of sp³-hybridized carbons (Fsp3) is 0.647. The zero-order chi connectivity index (χ0) is 17.0. The average Bonchev–Trinajstić information content (AvgIpc) is 2.50. The van der Waals surface area contributed by atoms with Crippen molar-refractivity contribution in [3.05, 3.63) is 28.8 Å². The van der Waals surface area contributed by atoms with Crippen molar-refractivity contribution in [3.8, 4) is 5.75 Å². The molecule has 1 N–H and O–H groups in total. The Hall–Kier alpha value is -1.11. The largest absolute Gasteiger partial charge is 0.496 e. The van der Waals surface area contributed by atoms with Crippen molar-refractivity contribution in [2.45, 2.75) is 33.2 Å². The van der Waals surface area contributed by atoms with Gasteiger partial charge in [-0.25, -0.2) is 13.1 Å². The topological polar surface area (TPSA) is 58.6 Å². The number of rotatable bonds is 6. The van der Waals surface area contributed by atoms with E-state index in [4.69, 9.17) is 4.74 Å². The van der Waals surface area contributed by atoms with Gasteiger partial charge in [-0.3, -0.25) is 4.90 Å². The van der Waals surface area contributed by atoms with E-state index in [1.54, 1.807) is 7.11 Å². The van der Waals surface area contributed by atoms with Crippen molar-refractivity contribution >= 4 is 10.0 Å². The summed E-state index contributed by atoms with van der Waals surface area (Å²) in [4.78, 5) is 2.42. The molecule has 2 rings (SSSR count). The molecule has 0 radical (unpaired) electrons. The number of hydrogen-bond donors (Lipinski definition) is 1. The Kier molecular flexibility index (Phi) is 6.06. The van der Waals surface area contributed by atoms with Gasteiger partial charge in [-0.2, -0.15) is 0 Å². The van der Waals surface area contributed by atoms with Gasteiger partial charge in [0.25, 0.3) is 0 Å². The Morgan fingerprint density at radius 1 is 1.30 bits per heavy atom. The van der Waals surface area contributed by atoms with E-state index < -0.39 is 10.0 Å². The van der Waals surface area contributed by atoms with Crippen LogP contribution in [0.4, 0.5) is 0 Å². The SMILES string of the molecule is COc1ccc(CN2CCC[C@@H](CNS(C)(=O)=O)C2)c(C)c1C. The van der Waals surface area contributed by atoms with Crippen molar-refractivity contribution < 1.29 is 13.2 Å². The predicted molar refractivity (Wildman–Crippen MR) is 93.3 cm³/mol. The molecule has 0 spiro atoms. The Bertz CT molecular complexity index is 643. The second-order valence-corrected chi connectivity index (χ2v) is 8.37. The first-order chi connectivity index (χ1) is 10.8. The molecule has 0 saturated carbocycles. The highest BCUT2D eigenvalue weighted by atomic mass is 32.2. The lowest BCUT2D eigenvalue weighted by Crippen LogP contribution is -2.40. The summed E-state index contributed by atoms with van der Waals surface area (Å²) in [7, 11) is -1.40. The molecule has 0 unspecified atom stereocenters. The van der Waals surface area contributed by atoms with Gasteiger partial charge in [-0.05, 0) is 61.9 Å². The Morgan fingerprint density at radius 3 is 2.70 bits per heavy atom. The molecule has 0 aliphatic carbocycles. The van der Waals surface area contributed by atoms with E-state index in [1.165, 1.54) is 22.9 Å². The number of likely N-dealkylation sites (tertiary alicyclic amines) is 1. The highest BCUT2D eigenvalue weighted by Crippen LogP contribution is 2.26. The molecule has 130 valence electrons. The number of hydrogen-bond acceptors (Lipinski definition) is 4. The molecule has 1 saturated heterocycles. The highest BCUT2D eigenvalue weighted by molar-refractivity contribution is 7.88. The van der Waals surface area contributed by atoms with Crippen LogP contribution in [0.15, 0.2) is 12.1 Å². The van der Waals surface area contributed by atoms with E-state index in [0.717, 1.165) is 38.2 Å². The Labute approximate surface area is 140 Å². The summed E-state index contributed by atoms with van der Waals surface area (Å²) >= 11 is 0. The lowest BCUT2D eigenvalue weighted by molar-refractivity contribution is 0.168. The molecule has 1 aromatic carbocycles. The lowest BCUT2D eigenvalue weighted by Gasteiger charge is -2.33. The number of methoxy groups -OCH3 is 1. The molecule has 23 heavy (non-hydrogen) atoms. The van der Waals surface area contributed by atoms with E-state index >= 15 is 0 Å². The molecule has 1 heterocycles. The van der Waals surface area contributed by atoms with E-state index in [1.807, 2.05) is 6.07 Å². The minimum absolute atomic E-state index is 0.387. The minimum Gasteiger partial charge on any atom is -0.496 e. The maximum atomic E-state index is 11.3. The van der Waals surface area contributed by atoms with Crippen molar-refractivity contribution in [2.75, 3.05) is 33.0 Å². The third-order valence-corrected chi connectivity index (χ3v) is 5.39. The van der Waals surface area contributed by atoms with Crippen LogP contribution in [0.25, 0.3) is 0 Å². The number of ether oxygens (including phenoxy) is 1. The average molecular weight is 340 g/mol. The summed E-state index contributed by atoms with van der Waals surface area (Å²) in [6, 6.07) is 4.17. The van der Waals surface area contributed by atoms with Gasteiger partial charge in [0.2, 0.25) is 10.0 Å². The van der Waals surface area contributed by atoms with Gasteiger partial charge in [0, 0.05) is 19.6 Å². The molecule has 5 nitrogen and oxygen atoms in total. The van der Waals surface area contributed by atoms with Crippen LogP contribution in [0, 0.1) is 19.8 Å². The van der Waals surface area contributed by atoms with Crippen LogP contribution < -0.4 is 9.46 Å². The smallest absolute Gasteiger partial charge is 0.208 e. The van der Waals surface area contributed by atoms with Crippen LogP contribution in [0.5, 0.6) is 5.75 Å². The third-order valence-electron chi connectivity index (χ3n) is 4.70. The van der Waals surface area contributed by atoms with Gasteiger partial charge in [0.1, 0.15) is 5.75 Å². The molecular formula is C17H28N2O3S. The molecule has 6 heteroatoms. The number of sulfonamides is 1. The first kappa shape index (κ1) is 18.2. The van der Waals surface area contributed by atoms with Crippen LogP contribution in [-0.4, -0.2) is 46.3 Å². The summed E-state index contributed by atoms with van der Waals surface area (Å²) < 4.78 is 30.5. The van der Waals surface area contributed by atoms with E-state index in [9.17, 15) is 8.42 Å². The zero-order valence-corrected chi connectivity index (χ0v) is 15.4. The summed E-state index contributed by atoms with van der Waals surface area (Å²) in [6.07, 6.45) is 3.42. The second kappa shape index (κ2) is 7.64.